The fourth-order valence-corrected chi connectivity index (χ4v) is 6.62. The van der Waals surface area contributed by atoms with Crippen LogP contribution in [0.25, 0.3) is 0 Å². The van der Waals surface area contributed by atoms with E-state index >= 15 is 0 Å². The number of methoxy groups -OCH3 is 2. The third kappa shape index (κ3) is 8.71. The molecule has 0 heterocycles. The molecule has 0 aliphatic heterocycles. The molecular formula is C37H43N3O6S. The number of carbonyl (C=O) groups excluding carboxylic acids is 2. The standard InChI is InChI=1S/C37H43N3O6S/c1-6-28(3)38-37(42)33(23-29-16-9-7-10-17-29)39(25-30-18-14-13-15-27(30)2)36(41)26-40(47(43,44)32-19-11-8-12-20-32)31-21-22-34(45-4)35(24-31)46-5/h7-22,24,28,33H,6,23,25-26H2,1-5H3,(H,38,42)/t28-,33-/m0/s1. The fourth-order valence-electron chi connectivity index (χ4n) is 5.19. The Balaban J connectivity index is 1.85. The average Bonchev–Trinajstić information content (AvgIpc) is 3.09. The summed E-state index contributed by atoms with van der Waals surface area (Å²) in [4.78, 5) is 30.2. The first-order valence-electron chi connectivity index (χ1n) is 15.6. The van der Waals surface area contributed by atoms with Crippen molar-refractivity contribution in [3.05, 3.63) is 120 Å². The molecule has 2 atom stereocenters. The van der Waals surface area contributed by atoms with Crippen molar-refractivity contribution in [2.24, 2.45) is 0 Å². The minimum absolute atomic E-state index is 0.0170. The Kier molecular flexibility index (Phi) is 12.0. The van der Waals surface area contributed by atoms with Crippen LogP contribution in [0.1, 0.15) is 37.0 Å². The van der Waals surface area contributed by atoms with Gasteiger partial charge in [-0.15, -0.1) is 0 Å². The van der Waals surface area contributed by atoms with E-state index in [1.54, 1.807) is 30.3 Å². The Morgan fingerprint density at radius 1 is 0.830 bits per heavy atom. The second-order valence-electron chi connectivity index (χ2n) is 11.3. The van der Waals surface area contributed by atoms with Crippen LogP contribution < -0.4 is 19.1 Å². The van der Waals surface area contributed by atoms with Gasteiger partial charge in [-0.05, 0) is 61.2 Å². The van der Waals surface area contributed by atoms with Crippen LogP contribution in [0, 0.1) is 6.92 Å². The van der Waals surface area contributed by atoms with Gasteiger partial charge in [0, 0.05) is 25.1 Å². The molecule has 4 aromatic carbocycles. The molecule has 4 aromatic rings. The number of anilines is 1. The van der Waals surface area contributed by atoms with Gasteiger partial charge in [0.1, 0.15) is 12.6 Å². The number of hydrogen-bond donors (Lipinski definition) is 1. The predicted molar refractivity (Wildman–Crippen MR) is 184 cm³/mol. The molecule has 1 N–H and O–H groups in total. The van der Waals surface area contributed by atoms with Gasteiger partial charge in [0.15, 0.2) is 11.5 Å². The molecule has 0 bridgehead atoms. The van der Waals surface area contributed by atoms with Crippen molar-refractivity contribution in [2.45, 2.75) is 57.1 Å². The van der Waals surface area contributed by atoms with Gasteiger partial charge in [-0.1, -0.05) is 79.7 Å². The summed E-state index contributed by atoms with van der Waals surface area (Å²) in [6.07, 6.45) is 0.945. The highest BCUT2D eigenvalue weighted by Gasteiger charge is 2.35. The molecule has 47 heavy (non-hydrogen) atoms. The Bertz CT molecular complexity index is 1750. The highest BCUT2D eigenvalue weighted by atomic mass is 32.2. The van der Waals surface area contributed by atoms with Gasteiger partial charge in [0.05, 0.1) is 24.8 Å². The molecule has 0 aliphatic rings. The van der Waals surface area contributed by atoms with Gasteiger partial charge >= 0.3 is 0 Å². The van der Waals surface area contributed by atoms with Crippen molar-refractivity contribution in [2.75, 3.05) is 25.1 Å². The molecule has 0 saturated heterocycles. The van der Waals surface area contributed by atoms with E-state index in [0.29, 0.717) is 17.9 Å². The van der Waals surface area contributed by atoms with Crippen LogP contribution in [-0.4, -0.2) is 58.0 Å². The Morgan fingerprint density at radius 2 is 1.45 bits per heavy atom. The minimum Gasteiger partial charge on any atom is -0.493 e. The van der Waals surface area contributed by atoms with E-state index < -0.39 is 28.5 Å². The number of benzene rings is 4. The third-order valence-corrected chi connectivity index (χ3v) is 9.93. The first kappa shape index (κ1) is 35.0. The predicted octanol–water partition coefficient (Wildman–Crippen LogP) is 5.76. The van der Waals surface area contributed by atoms with Crippen molar-refractivity contribution in [3.8, 4) is 11.5 Å². The number of ether oxygens (including phenoxy) is 2. The zero-order valence-electron chi connectivity index (χ0n) is 27.6. The molecule has 0 radical (unpaired) electrons. The largest absolute Gasteiger partial charge is 0.493 e. The lowest BCUT2D eigenvalue weighted by molar-refractivity contribution is -0.140. The molecule has 248 valence electrons. The summed E-state index contributed by atoms with van der Waals surface area (Å²) >= 11 is 0. The van der Waals surface area contributed by atoms with Crippen LogP contribution in [-0.2, 0) is 32.6 Å². The van der Waals surface area contributed by atoms with Crippen molar-refractivity contribution < 1.29 is 27.5 Å². The molecule has 0 spiro atoms. The summed E-state index contributed by atoms with van der Waals surface area (Å²) in [5, 5.41) is 3.06. The van der Waals surface area contributed by atoms with Crippen molar-refractivity contribution >= 4 is 27.5 Å². The number of hydrogen-bond acceptors (Lipinski definition) is 6. The maximum absolute atomic E-state index is 14.7. The smallest absolute Gasteiger partial charge is 0.264 e. The van der Waals surface area contributed by atoms with E-state index in [0.717, 1.165) is 21.0 Å². The lowest BCUT2D eigenvalue weighted by Gasteiger charge is -2.34. The van der Waals surface area contributed by atoms with Gasteiger partial charge in [-0.25, -0.2) is 8.42 Å². The molecule has 0 unspecified atom stereocenters. The minimum atomic E-state index is -4.25. The first-order chi connectivity index (χ1) is 22.6. The summed E-state index contributed by atoms with van der Waals surface area (Å²) in [6, 6.07) is 28.7. The number of sulfonamides is 1. The number of rotatable bonds is 15. The molecule has 0 saturated carbocycles. The second-order valence-corrected chi connectivity index (χ2v) is 13.2. The maximum Gasteiger partial charge on any atom is 0.264 e. The number of aryl methyl sites for hydroxylation is 1. The molecule has 0 aromatic heterocycles. The van der Waals surface area contributed by atoms with E-state index in [4.69, 9.17) is 9.47 Å². The highest BCUT2D eigenvalue weighted by molar-refractivity contribution is 7.92. The average molecular weight is 658 g/mol. The lowest BCUT2D eigenvalue weighted by atomic mass is 10.0. The number of carbonyl (C=O) groups is 2. The monoisotopic (exact) mass is 657 g/mol. The molecule has 10 heteroatoms. The van der Waals surface area contributed by atoms with Gasteiger partial charge in [-0.3, -0.25) is 13.9 Å². The Labute approximate surface area is 278 Å². The second kappa shape index (κ2) is 16.1. The number of amides is 2. The van der Waals surface area contributed by atoms with Crippen LogP contribution in [0.15, 0.2) is 108 Å². The van der Waals surface area contributed by atoms with Gasteiger partial charge in [0.2, 0.25) is 11.8 Å². The van der Waals surface area contributed by atoms with E-state index in [9.17, 15) is 18.0 Å². The Morgan fingerprint density at radius 3 is 2.06 bits per heavy atom. The third-order valence-electron chi connectivity index (χ3n) is 8.14. The summed E-state index contributed by atoms with van der Waals surface area (Å²) in [6.45, 7) is 5.36. The summed E-state index contributed by atoms with van der Waals surface area (Å²) in [5.74, 6) is -0.140. The van der Waals surface area contributed by atoms with Crippen molar-refractivity contribution in [1.29, 1.82) is 0 Å². The molecule has 0 fully saturated rings. The van der Waals surface area contributed by atoms with Gasteiger partial charge in [-0.2, -0.15) is 0 Å². The lowest BCUT2D eigenvalue weighted by Crippen LogP contribution is -2.54. The van der Waals surface area contributed by atoms with E-state index in [1.165, 1.54) is 37.3 Å². The van der Waals surface area contributed by atoms with Crippen molar-refractivity contribution in [3.63, 3.8) is 0 Å². The molecule has 0 aliphatic carbocycles. The first-order valence-corrected chi connectivity index (χ1v) is 17.0. The zero-order valence-corrected chi connectivity index (χ0v) is 28.4. The maximum atomic E-state index is 14.7. The number of nitrogens with zero attached hydrogens (tertiary/aromatic N) is 2. The van der Waals surface area contributed by atoms with Crippen LogP contribution in [0.3, 0.4) is 0 Å². The van der Waals surface area contributed by atoms with Crippen LogP contribution in [0.5, 0.6) is 11.5 Å². The van der Waals surface area contributed by atoms with E-state index in [2.05, 4.69) is 5.32 Å². The summed E-state index contributed by atoms with van der Waals surface area (Å²) < 4.78 is 40.4. The number of nitrogens with one attached hydrogen (secondary N) is 1. The zero-order chi connectivity index (χ0) is 34.0. The fraction of sp³-hybridized carbons (Fsp3) is 0.297. The topological polar surface area (TPSA) is 105 Å². The molecule has 4 rings (SSSR count). The molecule has 2 amide bonds. The quantitative estimate of drug-likeness (QED) is 0.174. The van der Waals surface area contributed by atoms with Crippen LogP contribution >= 0.6 is 0 Å². The molecule has 9 nitrogen and oxygen atoms in total. The van der Waals surface area contributed by atoms with Gasteiger partial charge in [0.25, 0.3) is 10.0 Å². The van der Waals surface area contributed by atoms with E-state index in [-0.39, 0.29) is 35.5 Å². The normalized spacial score (nSPS) is 12.4. The van der Waals surface area contributed by atoms with E-state index in [1.807, 2.05) is 75.4 Å². The van der Waals surface area contributed by atoms with Crippen molar-refractivity contribution in [1.82, 2.24) is 10.2 Å². The summed E-state index contributed by atoms with van der Waals surface area (Å²) in [7, 11) is -1.31. The SMILES string of the molecule is CC[C@H](C)NC(=O)[C@H](Cc1ccccc1)N(Cc1ccccc1C)C(=O)CN(c1ccc(OC)c(OC)c1)S(=O)(=O)c1ccccc1. The Hall–Kier alpha value is -4.83. The summed E-state index contributed by atoms with van der Waals surface area (Å²) in [5.41, 5.74) is 2.87. The molecular weight excluding hydrogens is 614 g/mol. The van der Waals surface area contributed by atoms with Gasteiger partial charge < -0.3 is 19.7 Å². The van der Waals surface area contributed by atoms with Crippen LogP contribution in [0.4, 0.5) is 5.69 Å². The van der Waals surface area contributed by atoms with Crippen LogP contribution in [0.2, 0.25) is 0 Å². The highest BCUT2D eigenvalue weighted by Crippen LogP contribution is 2.34.